The third-order valence-corrected chi connectivity index (χ3v) is 6.52. The lowest BCUT2D eigenvalue weighted by molar-refractivity contribution is 1.08. The lowest BCUT2D eigenvalue weighted by Gasteiger charge is -2.26. The molecule has 2 radical (unpaired) electrons. The molecule has 0 bridgehead atoms. The third-order valence-electron chi connectivity index (χ3n) is 6.52. The monoisotopic (exact) mass is 427 g/mol. The van der Waals surface area contributed by atoms with Gasteiger partial charge in [-0.15, -0.1) is 0 Å². The maximum Gasteiger partial charge on any atom is 0.213 e. The summed E-state index contributed by atoms with van der Waals surface area (Å²) in [4.78, 5) is 6.49. The van der Waals surface area contributed by atoms with E-state index in [-0.39, 0.29) is 0 Å². The van der Waals surface area contributed by atoms with E-state index in [1.807, 2.05) is 0 Å². The van der Waals surface area contributed by atoms with E-state index in [4.69, 9.17) is 0 Å². The minimum atomic E-state index is 1.13. The Hall–Kier alpha value is -3.98. The van der Waals surface area contributed by atoms with Gasteiger partial charge in [0, 0.05) is 38.0 Å². The molecule has 0 N–H and O–H groups in total. The van der Waals surface area contributed by atoms with Gasteiger partial charge in [-0.1, -0.05) is 72.8 Å². The fourth-order valence-corrected chi connectivity index (χ4v) is 4.98. The minimum Gasteiger partial charge on any atom is -0.377 e. The Balaban J connectivity index is 1.74. The highest BCUT2D eigenvalue weighted by atomic mass is 15.4. The first-order valence-electron chi connectivity index (χ1n) is 11.2. The number of hydrogen-bond donors (Lipinski definition) is 0. The molecule has 3 nitrogen and oxygen atoms in total. The SMILES string of the molecule is CN(C)c1ccc2ccccc2c1-c1c(N2[C]N(C)c3ccccc32)ccc2ccccc12. The zero-order valence-electron chi connectivity index (χ0n) is 19.1. The third kappa shape index (κ3) is 3.04. The van der Waals surface area contributed by atoms with Crippen molar-refractivity contribution in [1.29, 1.82) is 0 Å². The molecule has 0 amide bonds. The van der Waals surface area contributed by atoms with Gasteiger partial charge in [-0.2, -0.15) is 0 Å². The van der Waals surface area contributed by atoms with Crippen LogP contribution in [0.1, 0.15) is 0 Å². The number of nitrogens with zero attached hydrogens (tertiary/aromatic N) is 3. The van der Waals surface area contributed by atoms with Crippen LogP contribution in [0.5, 0.6) is 0 Å². The highest BCUT2D eigenvalue weighted by Crippen LogP contribution is 2.50. The van der Waals surface area contributed by atoms with Crippen LogP contribution in [0.3, 0.4) is 0 Å². The number of anilines is 4. The molecule has 0 unspecified atom stereocenters. The topological polar surface area (TPSA) is 9.72 Å². The Kier molecular flexibility index (Phi) is 4.51. The lowest BCUT2D eigenvalue weighted by Crippen LogP contribution is -2.18. The van der Waals surface area contributed by atoms with Crippen molar-refractivity contribution in [1.82, 2.24) is 0 Å². The van der Waals surface area contributed by atoms with E-state index in [1.165, 1.54) is 38.4 Å². The van der Waals surface area contributed by atoms with Crippen LogP contribution in [-0.2, 0) is 0 Å². The fraction of sp³-hybridized carbons (Fsp3) is 0.100. The van der Waals surface area contributed by atoms with Gasteiger partial charge in [-0.25, -0.2) is 0 Å². The molecule has 0 fully saturated rings. The molecular formula is C30H25N3. The van der Waals surface area contributed by atoms with E-state index < -0.39 is 0 Å². The van der Waals surface area contributed by atoms with Gasteiger partial charge in [0.05, 0.1) is 17.1 Å². The summed E-state index contributed by atoms with van der Waals surface area (Å²) >= 11 is 0. The van der Waals surface area contributed by atoms with Gasteiger partial charge in [0.2, 0.25) is 6.67 Å². The Bertz CT molecular complexity index is 1500. The van der Waals surface area contributed by atoms with Crippen LogP contribution in [-0.4, -0.2) is 21.1 Å². The van der Waals surface area contributed by atoms with E-state index in [0.29, 0.717) is 0 Å². The zero-order valence-corrected chi connectivity index (χ0v) is 19.1. The van der Waals surface area contributed by atoms with Crippen molar-refractivity contribution in [2.24, 2.45) is 0 Å². The highest BCUT2D eigenvalue weighted by Gasteiger charge is 2.29. The van der Waals surface area contributed by atoms with Gasteiger partial charge in [-0.3, -0.25) is 0 Å². The predicted octanol–water partition coefficient (Wildman–Crippen LogP) is 7.31. The average molecular weight is 428 g/mol. The van der Waals surface area contributed by atoms with Gasteiger partial charge in [0.15, 0.2) is 0 Å². The first-order valence-corrected chi connectivity index (χ1v) is 11.2. The van der Waals surface area contributed by atoms with E-state index >= 15 is 0 Å². The van der Waals surface area contributed by atoms with Crippen molar-refractivity contribution >= 4 is 44.3 Å². The van der Waals surface area contributed by atoms with Gasteiger partial charge >= 0.3 is 0 Å². The van der Waals surface area contributed by atoms with Crippen LogP contribution in [0.4, 0.5) is 22.7 Å². The summed E-state index contributed by atoms with van der Waals surface area (Å²) in [6, 6.07) is 34.7. The smallest absolute Gasteiger partial charge is 0.213 e. The van der Waals surface area contributed by atoms with E-state index in [0.717, 1.165) is 17.1 Å². The van der Waals surface area contributed by atoms with Crippen molar-refractivity contribution in [3.63, 3.8) is 0 Å². The second kappa shape index (κ2) is 7.56. The molecule has 0 aromatic heterocycles. The molecule has 0 spiro atoms. The highest BCUT2D eigenvalue weighted by molar-refractivity contribution is 6.14. The van der Waals surface area contributed by atoms with Crippen LogP contribution in [0.2, 0.25) is 0 Å². The molecule has 6 rings (SSSR count). The molecule has 1 heterocycles. The average Bonchev–Trinajstić information content (AvgIpc) is 3.19. The van der Waals surface area contributed by atoms with Crippen molar-refractivity contribution < 1.29 is 0 Å². The van der Waals surface area contributed by atoms with Gasteiger partial charge in [0.25, 0.3) is 0 Å². The maximum atomic E-state index is 3.56. The minimum absolute atomic E-state index is 1.13. The van der Waals surface area contributed by atoms with Crippen molar-refractivity contribution in [3.8, 4) is 11.1 Å². The largest absolute Gasteiger partial charge is 0.377 e. The number of para-hydroxylation sites is 2. The summed E-state index contributed by atoms with van der Waals surface area (Å²) in [5.41, 5.74) is 7.10. The molecule has 0 saturated carbocycles. The van der Waals surface area contributed by atoms with Crippen LogP contribution in [0.15, 0.2) is 97.1 Å². The predicted molar refractivity (Wildman–Crippen MR) is 141 cm³/mol. The van der Waals surface area contributed by atoms with Crippen LogP contribution in [0.25, 0.3) is 32.7 Å². The second-order valence-electron chi connectivity index (χ2n) is 8.74. The molecule has 160 valence electrons. The quantitative estimate of drug-likeness (QED) is 0.299. The first-order chi connectivity index (χ1) is 16.1. The van der Waals surface area contributed by atoms with Crippen LogP contribution < -0.4 is 14.7 Å². The Labute approximate surface area is 195 Å². The Morgan fingerprint density at radius 2 is 1.15 bits per heavy atom. The summed E-state index contributed by atoms with van der Waals surface area (Å²) in [6.45, 7) is 3.56. The standard InChI is InChI=1S/C30H25N3/c1-31(2)27-18-16-21-10-4-6-12-23(21)29(27)30-24-13-7-5-11-22(24)17-19-28(30)33-20-32(3)25-14-8-9-15-26(25)33/h4-19H,1-3H3. The molecule has 5 aromatic carbocycles. The first kappa shape index (κ1) is 19.7. The van der Waals surface area contributed by atoms with Gasteiger partial charge < -0.3 is 14.7 Å². The summed E-state index contributed by atoms with van der Waals surface area (Å²) in [7, 11) is 6.30. The second-order valence-corrected chi connectivity index (χ2v) is 8.74. The summed E-state index contributed by atoms with van der Waals surface area (Å²) in [6.07, 6.45) is 0. The normalized spacial score (nSPS) is 13.1. The fourth-order valence-electron chi connectivity index (χ4n) is 4.98. The zero-order chi connectivity index (χ0) is 22.5. The van der Waals surface area contributed by atoms with Crippen molar-refractivity contribution in [2.75, 3.05) is 35.8 Å². The number of benzene rings is 5. The van der Waals surface area contributed by atoms with E-state index in [9.17, 15) is 0 Å². The molecular weight excluding hydrogens is 402 g/mol. The van der Waals surface area contributed by atoms with E-state index in [1.54, 1.807) is 0 Å². The van der Waals surface area contributed by atoms with Crippen LogP contribution in [0, 0.1) is 6.67 Å². The molecule has 0 atom stereocenters. The van der Waals surface area contributed by atoms with Crippen molar-refractivity contribution in [2.45, 2.75) is 0 Å². The summed E-state index contributed by atoms with van der Waals surface area (Å²) in [5, 5.41) is 4.96. The Morgan fingerprint density at radius 1 is 0.576 bits per heavy atom. The maximum absolute atomic E-state index is 3.56. The van der Waals surface area contributed by atoms with Crippen molar-refractivity contribution in [3.05, 3.63) is 104 Å². The molecule has 1 aliphatic rings. The van der Waals surface area contributed by atoms with Gasteiger partial charge in [-0.05, 0) is 45.8 Å². The molecule has 1 aliphatic heterocycles. The lowest BCUT2D eigenvalue weighted by atomic mass is 9.90. The number of rotatable bonds is 3. The Morgan fingerprint density at radius 3 is 1.85 bits per heavy atom. The summed E-state index contributed by atoms with van der Waals surface area (Å²) < 4.78 is 0. The number of fused-ring (bicyclic) bond motifs is 3. The number of hydrogen-bond acceptors (Lipinski definition) is 3. The molecule has 0 aliphatic carbocycles. The van der Waals surface area contributed by atoms with E-state index in [2.05, 4.69) is 140 Å². The molecule has 0 saturated heterocycles. The molecule has 5 aromatic rings. The summed E-state index contributed by atoms with van der Waals surface area (Å²) in [5.74, 6) is 0. The van der Waals surface area contributed by atoms with Gasteiger partial charge in [0.1, 0.15) is 0 Å². The molecule has 3 heteroatoms. The molecule has 33 heavy (non-hydrogen) atoms. The van der Waals surface area contributed by atoms with Crippen LogP contribution >= 0.6 is 0 Å².